The minimum absolute atomic E-state index is 0. The number of hydrogen-bond acceptors (Lipinski definition) is 9. The molecule has 0 bridgehead atoms. The van der Waals surface area contributed by atoms with E-state index in [9.17, 15) is 9.59 Å². The molecule has 10 nitrogen and oxygen atoms in total. The first-order chi connectivity index (χ1) is 17.5. The summed E-state index contributed by atoms with van der Waals surface area (Å²) in [6, 6.07) is 11.1. The zero-order chi connectivity index (χ0) is 27.3. The zero-order valence-electron chi connectivity index (χ0n) is 22.9. The van der Waals surface area contributed by atoms with Crippen LogP contribution < -0.4 is 37.4 Å². The number of Topliss-reactive ketones (excluding diaryl/α,β-unsaturated/α-hetero) is 1. The summed E-state index contributed by atoms with van der Waals surface area (Å²) < 4.78 is 7.28. The first kappa shape index (κ1) is 30.7. The van der Waals surface area contributed by atoms with Gasteiger partial charge in [-0.1, -0.05) is 5.10 Å². The Bertz CT molecular complexity index is 1300. The summed E-state index contributed by atoms with van der Waals surface area (Å²) in [5.41, 5.74) is 2.91. The lowest BCUT2D eigenvalue weighted by molar-refractivity contribution is -0.712. The van der Waals surface area contributed by atoms with Gasteiger partial charge in [0.1, 0.15) is 18.5 Å². The van der Waals surface area contributed by atoms with Crippen molar-refractivity contribution in [3.8, 4) is 5.75 Å². The molecular weight excluding hydrogens is 526 g/mol. The van der Waals surface area contributed by atoms with Gasteiger partial charge >= 0.3 is 5.13 Å². The van der Waals surface area contributed by atoms with Gasteiger partial charge in [0, 0.05) is 36.3 Å². The summed E-state index contributed by atoms with van der Waals surface area (Å²) in [6.45, 7) is 11.5. The minimum Gasteiger partial charge on any atom is -1.00 e. The van der Waals surface area contributed by atoms with Crippen LogP contribution in [0.15, 0.2) is 46.6 Å². The standard InChI is InChI=1S/C26H33N7O3S.ClH/c1-15(2)33(16(3)4)26-31-32(7)25(37-26)30-29-22-14-24(36-8)23(13-21(22)27-18(6)35)28-20-11-9-19(10-12-20)17(5)34;/h9-16H,1-8H3,(H,27,28,34,35);1H. The van der Waals surface area contributed by atoms with Gasteiger partial charge in [0.25, 0.3) is 0 Å². The van der Waals surface area contributed by atoms with E-state index in [0.717, 1.165) is 10.8 Å². The molecule has 1 amide bonds. The lowest BCUT2D eigenvalue weighted by Gasteiger charge is -2.28. The van der Waals surface area contributed by atoms with Gasteiger partial charge in [-0.2, -0.15) is 0 Å². The number of amides is 1. The van der Waals surface area contributed by atoms with Crippen LogP contribution in [0.5, 0.6) is 5.75 Å². The number of anilines is 4. The van der Waals surface area contributed by atoms with Crippen molar-refractivity contribution in [2.45, 2.75) is 53.6 Å². The minimum atomic E-state index is -0.242. The molecule has 0 aliphatic heterocycles. The summed E-state index contributed by atoms with van der Waals surface area (Å²) in [4.78, 5) is 25.7. The number of nitrogens with one attached hydrogen (secondary N) is 2. The third kappa shape index (κ3) is 7.48. The first-order valence-corrected chi connectivity index (χ1v) is 12.8. The number of benzene rings is 2. The van der Waals surface area contributed by atoms with E-state index < -0.39 is 0 Å². The molecule has 12 heteroatoms. The summed E-state index contributed by atoms with van der Waals surface area (Å²) in [6.07, 6.45) is 0. The van der Waals surface area contributed by atoms with Gasteiger partial charge < -0.3 is 32.7 Å². The van der Waals surface area contributed by atoms with Crippen molar-refractivity contribution in [1.82, 2.24) is 5.10 Å². The van der Waals surface area contributed by atoms with Crippen LogP contribution in [0.4, 0.5) is 33.0 Å². The maximum absolute atomic E-state index is 11.9. The number of ketones is 1. The van der Waals surface area contributed by atoms with Crippen molar-refractivity contribution in [3.63, 3.8) is 0 Å². The van der Waals surface area contributed by atoms with E-state index in [1.807, 2.05) is 7.05 Å². The fourth-order valence-corrected chi connectivity index (χ4v) is 4.92. The molecule has 2 aromatic carbocycles. The number of rotatable bonds is 10. The maximum Gasteiger partial charge on any atom is 0.431 e. The predicted octanol–water partition coefficient (Wildman–Crippen LogP) is 2.92. The normalized spacial score (nSPS) is 11.0. The number of carbonyl (C=O) groups excluding carboxylic acids is 2. The van der Waals surface area contributed by atoms with E-state index in [0.29, 0.717) is 33.5 Å². The quantitative estimate of drug-likeness (QED) is 0.224. The molecule has 0 saturated heterocycles. The van der Waals surface area contributed by atoms with Crippen molar-refractivity contribution in [2.24, 2.45) is 17.3 Å². The van der Waals surface area contributed by atoms with Crippen LogP contribution in [0.2, 0.25) is 0 Å². The Hall–Kier alpha value is -3.57. The Labute approximate surface area is 233 Å². The van der Waals surface area contributed by atoms with E-state index >= 15 is 0 Å². The summed E-state index contributed by atoms with van der Waals surface area (Å²) >= 11 is 1.44. The molecule has 0 aliphatic carbocycles. The number of nitrogens with zero attached hydrogens (tertiary/aromatic N) is 5. The molecule has 3 aromatic rings. The van der Waals surface area contributed by atoms with Gasteiger partial charge in [0.15, 0.2) is 5.78 Å². The van der Waals surface area contributed by atoms with Crippen molar-refractivity contribution in [1.29, 1.82) is 0 Å². The number of aromatic nitrogens is 2. The van der Waals surface area contributed by atoms with Crippen molar-refractivity contribution < 1.29 is 31.4 Å². The van der Waals surface area contributed by atoms with Gasteiger partial charge in [-0.15, -0.1) is 4.68 Å². The maximum atomic E-state index is 11.9. The van der Waals surface area contributed by atoms with E-state index in [1.165, 1.54) is 25.2 Å². The Balaban J connectivity index is 0.00000507. The van der Waals surface area contributed by atoms with Gasteiger partial charge in [-0.3, -0.25) is 9.59 Å². The molecule has 0 unspecified atom stereocenters. The lowest BCUT2D eigenvalue weighted by Crippen LogP contribution is -3.00. The van der Waals surface area contributed by atoms with Crippen molar-refractivity contribution in [2.75, 3.05) is 22.6 Å². The molecule has 0 atom stereocenters. The first-order valence-electron chi connectivity index (χ1n) is 11.9. The number of halogens is 1. The van der Waals surface area contributed by atoms with E-state index in [-0.39, 0.29) is 36.2 Å². The molecule has 3 rings (SSSR count). The monoisotopic (exact) mass is 559 g/mol. The van der Waals surface area contributed by atoms with E-state index in [4.69, 9.17) is 4.74 Å². The van der Waals surface area contributed by atoms with E-state index in [1.54, 1.807) is 48.2 Å². The van der Waals surface area contributed by atoms with Gasteiger partial charge in [-0.25, -0.2) is 0 Å². The van der Waals surface area contributed by atoms with Crippen LogP contribution in [0.25, 0.3) is 0 Å². The SMILES string of the molecule is COc1cc(N=Nc2sc(N(C(C)C)C(C)C)n[n+]2C)c(NC(C)=O)cc1Nc1ccc(C(C)=O)cc1.[Cl-]. The zero-order valence-corrected chi connectivity index (χ0v) is 24.4. The smallest absolute Gasteiger partial charge is 0.431 e. The molecule has 2 N–H and O–H groups in total. The Kier molecular flexibility index (Phi) is 10.7. The number of azo groups is 1. The highest BCUT2D eigenvalue weighted by molar-refractivity contribution is 7.18. The van der Waals surface area contributed by atoms with Gasteiger partial charge in [-0.05, 0) is 81.4 Å². The number of aryl methyl sites for hydroxylation is 1. The molecule has 0 aliphatic rings. The highest BCUT2D eigenvalue weighted by atomic mass is 35.5. The van der Waals surface area contributed by atoms with Crippen molar-refractivity contribution >= 4 is 56.0 Å². The molecule has 0 spiro atoms. The van der Waals surface area contributed by atoms with Crippen molar-refractivity contribution in [3.05, 3.63) is 42.0 Å². The molecule has 1 heterocycles. The summed E-state index contributed by atoms with van der Waals surface area (Å²) in [5.74, 6) is 0.266. The van der Waals surface area contributed by atoms with E-state index in [2.05, 4.69) is 58.6 Å². The topological polar surface area (TPSA) is 112 Å². The fourth-order valence-electron chi connectivity index (χ4n) is 3.82. The second kappa shape index (κ2) is 13.3. The molecule has 0 saturated carbocycles. The Morgan fingerprint density at radius 1 is 1.03 bits per heavy atom. The van der Waals surface area contributed by atoms with Crippen LogP contribution in [0, 0.1) is 0 Å². The van der Waals surface area contributed by atoms with Crippen LogP contribution in [-0.2, 0) is 11.8 Å². The van der Waals surface area contributed by atoms with Gasteiger partial charge in [0.05, 0.1) is 23.6 Å². The third-order valence-corrected chi connectivity index (χ3v) is 6.47. The largest absolute Gasteiger partial charge is 1.00 e. The summed E-state index contributed by atoms with van der Waals surface area (Å²) in [5, 5.41) is 21.1. The highest BCUT2D eigenvalue weighted by Crippen LogP contribution is 2.39. The number of carbonyl (C=O) groups is 2. The van der Waals surface area contributed by atoms with Crippen LogP contribution in [0.1, 0.15) is 51.9 Å². The number of methoxy groups -OCH3 is 1. The lowest BCUT2D eigenvalue weighted by atomic mass is 10.1. The predicted molar refractivity (Wildman–Crippen MR) is 147 cm³/mol. The molecular formula is C26H34ClN7O3S. The number of ether oxygens (including phenoxy) is 1. The second-order valence-corrected chi connectivity index (χ2v) is 10.0. The summed E-state index contributed by atoms with van der Waals surface area (Å²) in [7, 11) is 3.38. The Morgan fingerprint density at radius 2 is 1.66 bits per heavy atom. The van der Waals surface area contributed by atoms with Crippen LogP contribution in [-0.4, -0.2) is 36.0 Å². The molecule has 204 valence electrons. The average Bonchev–Trinajstić information content (AvgIpc) is 3.17. The van der Waals surface area contributed by atoms with Gasteiger partial charge in [0.2, 0.25) is 11.0 Å². The Morgan fingerprint density at radius 3 is 2.18 bits per heavy atom. The molecule has 1 aromatic heterocycles. The highest BCUT2D eigenvalue weighted by Gasteiger charge is 2.24. The fraction of sp³-hybridized carbons (Fsp3) is 0.385. The van der Waals surface area contributed by atoms with Crippen LogP contribution >= 0.6 is 11.3 Å². The number of hydrogen-bond donors (Lipinski definition) is 2. The average molecular weight is 560 g/mol. The van der Waals surface area contributed by atoms with Crippen LogP contribution in [0.3, 0.4) is 0 Å². The molecule has 38 heavy (non-hydrogen) atoms. The third-order valence-electron chi connectivity index (χ3n) is 5.47. The molecule has 0 fully saturated rings. The second-order valence-electron chi connectivity index (χ2n) is 9.09. The molecule has 0 radical (unpaired) electrons.